The van der Waals surface area contributed by atoms with Gasteiger partial charge in [-0.1, -0.05) is 36.4 Å². The monoisotopic (exact) mass is 282 g/mol. The smallest absolute Gasteiger partial charge is 0.189 e. The first-order valence-corrected chi connectivity index (χ1v) is 7.23. The largest absolute Gasteiger partial charge is 0.468 e. The maximum absolute atomic E-state index is 11.9. The predicted molar refractivity (Wildman–Crippen MR) is 80.4 cm³/mol. The van der Waals surface area contributed by atoms with E-state index in [0.717, 1.165) is 29.5 Å². The van der Waals surface area contributed by atoms with Crippen LogP contribution in [0.1, 0.15) is 34.3 Å². The minimum absolute atomic E-state index is 0.182. The van der Waals surface area contributed by atoms with E-state index in [1.807, 2.05) is 48.5 Å². The zero-order chi connectivity index (χ0) is 14.5. The number of hydrogen-bond donors (Lipinski definition) is 0. The molecule has 0 atom stereocenters. The molecule has 0 saturated heterocycles. The van der Waals surface area contributed by atoms with Crippen LogP contribution in [0.3, 0.4) is 0 Å². The summed E-state index contributed by atoms with van der Waals surface area (Å²) in [6, 6.07) is 15.7. The lowest BCUT2D eigenvalue weighted by molar-refractivity contribution is 0.00498. The van der Waals surface area contributed by atoms with Crippen molar-refractivity contribution >= 4 is 5.78 Å². The van der Waals surface area contributed by atoms with Crippen LogP contribution in [0.5, 0.6) is 5.75 Å². The van der Waals surface area contributed by atoms with Crippen LogP contribution in [0.15, 0.2) is 48.5 Å². The van der Waals surface area contributed by atoms with Gasteiger partial charge in [0, 0.05) is 12.0 Å². The number of ketones is 1. The normalized spacial score (nSPS) is 13.8. The number of hydrogen-bond acceptors (Lipinski definition) is 3. The Balaban J connectivity index is 1.54. The molecule has 108 valence electrons. The van der Waals surface area contributed by atoms with Gasteiger partial charge in [-0.2, -0.15) is 0 Å². The summed E-state index contributed by atoms with van der Waals surface area (Å²) in [5.41, 5.74) is 3.05. The maximum atomic E-state index is 11.9. The van der Waals surface area contributed by atoms with Crippen molar-refractivity contribution in [1.82, 2.24) is 0 Å². The number of ether oxygens (including phenoxy) is 2. The molecule has 2 aromatic rings. The molecular weight excluding hydrogens is 264 g/mol. The third-order valence-corrected chi connectivity index (χ3v) is 3.65. The van der Waals surface area contributed by atoms with Gasteiger partial charge < -0.3 is 9.47 Å². The Morgan fingerprint density at radius 2 is 1.86 bits per heavy atom. The lowest BCUT2D eigenvalue weighted by Crippen LogP contribution is -2.11. The predicted octanol–water partition coefficient (Wildman–Crippen LogP) is 3.76. The Kier molecular flexibility index (Phi) is 4.31. The fourth-order valence-corrected chi connectivity index (χ4v) is 2.54. The number of carbonyl (C=O) groups excluding carboxylic acids is 1. The second-order valence-electron chi connectivity index (χ2n) is 5.19. The molecule has 3 heteroatoms. The van der Waals surface area contributed by atoms with Gasteiger partial charge in [0.1, 0.15) is 5.75 Å². The molecule has 3 rings (SSSR count). The summed E-state index contributed by atoms with van der Waals surface area (Å²) in [4.78, 5) is 11.9. The van der Waals surface area contributed by atoms with Gasteiger partial charge in [0.15, 0.2) is 12.6 Å². The summed E-state index contributed by atoms with van der Waals surface area (Å²) in [7, 11) is 0. The number of rotatable bonds is 5. The molecule has 2 aromatic carbocycles. The summed E-state index contributed by atoms with van der Waals surface area (Å²) in [5, 5.41) is 0. The van der Waals surface area contributed by atoms with Crippen molar-refractivity contribution in [3.05, 3.63) is 65.2 Å². The fourth-order valence-electron chi connectivity index (χ4n) is 2.54. The molecule has 0 bridgehead atoms. The van der Waals surface area contributed by atoms with Crippen LogP contribution < -0.4 is 4.74 Å². The first-order chi connectivity index (χ1) is 10.3. The second-order valence-corrected chi connectivity index (χ2v) is 5.19. The van der Waals surface area contributed by atoms with Gasteiger partial charge in [-0.05, 0) is 36.1 Å². The number of aryl methyl sites for hydroxylation is 1. The molecular formula is C18H18O3. The van der Waals surface area contributed by atoms with E-state index in [9.17, 15) is 4.79 Å². The average Bonchev–Trinajstić information content (AvgIpc) is 2.53. The Bertz CT molecular complexity index is 620. The number of carbonyl (C=O) groups is 1. The molecule has 0 fully saturated rings. The van der Waals surface area contributed by atoms with Crippen LogP contribution >= 0.6 is 0 Å². The fraction of sp³-hybridized carbons (Fsp3) is 0.278. The minimum atomic E-state index is 0.182. The zero-order valence-electron chi connectivity index (χ0n) is 11.9. The summed E-state index contributed by atoms with van der Waals surface area (Å²) in [6.07, 6.45) is 2.57. The SMILES string of the molecule is O=C1CCCc2ccc(OCOCc3ccccc3)cc21. The second kappa shape index (κ2) is 6.55. The standard InChI is InChI=1S/C18H18O3/c19-18-8-4-7-15-9-10-16(11-17(15)18)21-13-20-12-14-5-2-1-3-6-14/h1-3,5-6,9-11H,4,7-8,12-13H2. The third-order valence-electron chi connectivity index (χ3n) is 3.65. The molecule has 0 aromatic heterocycles. The van der Waals surface area contributed by atoms with Gasteiger partial charge in [-0.3, -0.25) is 4.79 Å². The summed E-state index contributed by atoms with van der Waals surface area (Å²) < 4.78 is 11.1. The van der Waals surface area contributed by atoms with Crippen molar-refractivity contribution in [2.45, 2.75) is 25.9 Å². The van der Waals surface area contributed by atoms with E-state index in [0.29, 0.717) is 18.8 Å². The van der Waals surface area contributed by atoms with E-state index in [2.05, 4.69) is 0 Å². The van der Waals surface area contributed by atoms with E-state index in [1.165, 1.54) is 0 Å². The van der Waals surface area contributed by atoms with Gasteiger partial charge >= 0.3 is 0 Å². The van der Waals surface area contributed by atoms with E-state index in [4.69, 9.17) is 9.47 Å². The molecule has 0 unspecified atom stereocenters. The van der Waals surface area contributed by atoms with Crippen molar-refractivity contribution in [2.24, 2.45) is 0 Å². The quantitative estimate of drug-likeness (QED) is 0.619. The van der Waals surface area contributed by atoms with E-state index in [1.54, 1.807) is 0 Å². The highest BCUT2D eigenvalue weighted by atomic mass is 16.7. The van der Waals surface area contributed by atoms with Crippen LogP contribution in [-0.4, -0.2) is 12.6 Å². The Morgan fingerprint density at radius 1 is 1.00 bits per heavy atom. The van der Waals surface area contributed by atoms with Gasteiger partial charge in [0.25, 0.3) is 0 Å². The summed E-state index contributed by atoms with van der Waals surface area (Å²) in [6.45, 7) is 0.701. The first-order valence-electron chi connectivity index (χ1n) is 7.23. The molecule has 0 radical (unpaired) electrons. The third kappa shape index (κ3) is 3.50. The van der Waals surface area contributed by atoms with Crippen LogP contribution in [0.4, 0.5) is 0 Å². The average molecular weight is 282 g/mol. The van der Waals surface area contributed by atoms with Gasteiger partial charge in [0.2, 0.25) is 0 Å². The lowest BCUT2D eigenvalue weighted by Gasteiger charge is -2.16. The van der Waals surface area contributed by atoms with Crippen LogP contribution in [-0.2, 0) is 17.8 Å². The molecule has 21 heavy (non-hydrogen) atoms. The highest BCUT2D eigenvalue weighted by molar-refractivity contribution is 5.98. The molecule has 1 aliphatic carbocycles. The molecule has 0 N–H and O–H groups in total. The Labute approximate surface area is 124 Å². The van der Waals surface area contributed by atoms with Crippen LogP contribution in [0.2, 0.25) is 0 Å². The minimum Gasteiger partial charge on any atom is -0.468 e. The molecule has 3 nitrogen and oxygen atoms in total. The Morgan fingerprint density at radius 3 is 2.71 bits per heavy atom. The van der Waals surface area contributed by atoms with Crippen molar-refractivity contribution in [1.29, 1.82) is 0 Å². The van der Waals surface area contributed by atoms with Crippen molar-refractivity contribution in [3.8, 4) is 5.75 Å². The van der Waals surface area contributed by atoms with Crippen molar-refractivity contribution in [3.63, 3.8) is 0 Å². The molecule has 0 saturated carbocycles. The maximum Gasteiger partial charge on any atom is 0.189 e. The number of Topliss-reactive ketones (excluding diaryl/α,β-unsaturated/α-hetero) is 1. The molecule has 0 amide bonds. The lowest BCUT2D eigenvalue weighted by atomic mass is 9.91. The topological polar surface area (TPSA) is 35.5 Å². The molecule has 0 heterocycles. The molecule has 1 aliphatic rings. The molecule has 0 aliphatic heterocycles. The van der Waals surface area contributed by atoms with Crippen LogP contribution in [0.25, 0.3) is 0 Å². The van der Waals surface area contributed by atoms with Crippen molar-refractivity contribution in [2.75, 3.05) is 6.79 Å². The van der Waals surface area contributed by atoms with E-state index in [-0.39, 0.29) is 12.6 Å². The zero-order valence-corrected chi connectivity index (χ0v) is 11.9. The highest BCUT2D eigenvalue weighted by Crippen LogP contribution is 2.25. The first kappa shape index (κ1) is 13.8. The van der Waals surface area contributed by atoms with Gasteiger partial charge in [-0.25, -0.2) is 0 Å². The van der Waals surface area contributed by atoms with E-state index < -0.39 is 0 Å². The number of benzene rings is 2. The van der Waals surface area contributed by atoms with Crippen molar-refractivity contribution < 1.29 is 14.3 Å². The van der Waals surface area contributed by atoms with Crippen LogP contribution in [0, 0.1) is 0 Å². The molecule has 0 spiro atoms. The van der Waals surface area contributed by atoms with Gasteiger partial charge in [0.05, 0.1) is 6.61 Å². The summed E-state index contributed by atoms with van der Waals surface area (Å²) >= 11 is 0. The van der Waals surface area contributed by atoms with E-state index >= 15 is 0 Å². The van der Waals surface area contributed by atoms with Gasteiger partial charge in [-0.15, -0.1) is 0 Å². The summed E-state index contributed by atoms with van der Waals surface area (Å²) in [5.74, 6) is 0.906. The Hall–Kier alpha value is -2.13. The highest BCUT2D eigenvalue weighted by Gasteiger charge is 2.17. The number of fused-ring (bicyclic) bond motifs is 1.